The maximum Gasteiger partial charge on any atom is 0.346 e. The van der Waals surface area contributed by atoms with Gasteiger partial charge in [0.15, 0.2) is 0 Å². The molecule has 1 fully saturated rings. The summed E-state index contributed by atoms with van der Waals surface area (Å²) < 4.78 is 13.5. The van der Waals surface area contributed by atoms with Crippen LogP contribution in [0, 0.1) is 12.7 Å². The SMILES string of the molecule is CC(=O)N1CCN(C(=O)c2cc(-c3ccc(F)c(C)c3)nc(=O)[nH]2)CC1. The van der Waals surface area contributed by atoms with Crippen LogP contribution in [0.25, 0.3) is 11.3 Å². The van der Waals surface area contributed by atoms with Crippen molar-refractivity contribution >= 4 is 11.8 Å². The van der Waals surface area contributed by atoms with Crippen molar-refractivity contribution < 1.29 is 14.0 Å². The van der Waals surface area contributed by atoms with Crippen LogP contribution >= 0.6 is 0 Å². The number of hydrogen-bond acceptors (Lipinski definition) is 4. The van der Waals surface area contributed by atoms with Gasteiger partial charge in [-0.2, -0.15) is 4.98 Å². The maximum atomic E-state index is 13.5. The molecule has 0 aliphatic carbocycles. The standard InChI is InChI=1S/C18H19FN4O3/c1-11-9-13(3-4-14(11)19)15-10-16(21-18(26)20-15)17(25)23-7-5-22(6-8-23)12(2)24/h3-4,9-10H,5-8H2,1-2H3,(H,20,21,26). The predicted octanol–water partition coefficient (Wildman–Crippen LogP) is 1.19. The summed E-state index contributed by atoms with van der Waals surface area (Å²) in [5, 5.41) is 0. The van der Waals surface area contributed by atoms with Crippen LogP contribution in [0.3, 0.4) is 0 Å². The molecule has 7 nitrogen and oxygen atoms in total. The lowest BCUT2D eigenvalue weighted by Crippen LogP contribution is -2.50. The summed E-state index contributed by atoms with van der Waals surface area (Å²) in [5.74, 6) is -0.700. The first kappa shape index (κ1) is 17.8. The molecule has 1 aliphatic rings. The van der Waals surface area contributed by atoms with E-state index in [1.165, 1.54) is 25.1 Å². The van der Waals surface area contributed by atoms with E-state index in [9.17, 15) is 18.8 Å². The Morgan fingerprint density at radius 1 is 1.12 bits per heavy atom. The summed E-state index contributed by atoms with van der Waals surface area (Å²) in [7, 11) is 0. The van der Waals surface area contributed by atoms with Crippen molar-refractivity contribution in [2.24, 2.45) is 0 Å². The van der Waals surface area contributed by atoms with Gasteiger partial charge in [0.25, 0.3) is 5.91 Å². The Morgan fingerprint density at radius 3 is 2.38 bits per heavy atom. The molecule has 1 aromatic heterocycles. The Bertz CT molecular complexity index is 917. The lowest BCUT2D eigenvalue weighted by atomic mass is 10.1. The fourth-order valence-corrected chi connectivity index (χ4v) is 2.92. The number of halogens is 1. The molecule has 2 amide bonds. The van der Waals surface area contributed by atoms with E-state index in [2.05, 4.69) is 9.97 Å². The van der Waals surface area contributed by atoms with Gasteiger partial charge in [0.1, 0.15) is 11.5 Å². The highest BCUT2D eigenvalue weighted by Crippen LogP contribution is 2.20. The number of carbonyl (C=O) groups is 2. The number of aromatic nitrogens is 2. The minimum absolute atomic E-state index is 0.0246. The number of hydrogen-bond donors (Lipinski definition) is 1. The first-order valence-electron chi connectivity index (χ1n) is 8.28. The van der Waals surface area contributed by atoms with Gasteiger partial charge in [0.2, 0.25) is 5.91 Å². The highest BCUT2D eigenvalue weighted by molar-refractivity contribution is 5.93. The average Bonchev–Trinajstić information content (AvgIpc) is 2.63. The van der Waals surface area contributed by atoms with Crippen molar-refractivity contribution in [3.05, 3.63) is 51.8 Å². The maximum absolute atomic E-state index is 13.5. The van der Waals surface area contributed by atoms with Gasteiger partial charge in [-0.05, 0) is 36.8 Å². The van der Waals surface area contributed by atoms with Crippen LogP contribution in [0.15, 0.2) is 29.1 Å². The number of H-pyrrole nitrogens is 1. The zero-order valence-corrected chi connectivity index (χ0v) is 14.6. The molecular weight excluding hydrogens is 339 g/mol. The molecule has 1 aromatic carbocycles. The van der Waals surface area contributed by atoms with E-state index in [1.54, 1.807) is 22.8 Å². The summed E-state index contributed by atoms with van der Waals surface area (Å²) in [6.45, 7) is 4.82. The van der Waals surface area contributed by atoms with E-state index < -0.39 is 5.69 Å². The summed E-state index contributed by atoms with van der Waals surface area (Å²) in [6, 6.07) is 5.89. The van der Waals surface area contributed by atoms with Crippen LogP contribution in [-0.4, -0.2) is 57.8 Å². The van der Waals surface area contributed by atoms with E-state index in [1.807, 2.05) is 0 Å². The van der Waals surface area contributed by atoms with E-state index in [0.717, 1.165) is 0 Å². The van der Waals surface area contributed by atoms with Crippen molar-refractivity contribution in [2.75, 3.05) is 26.2 Å². The van der Waals surface area contributed by atoms with E-state index in [0.29, 0.717) is 43.0 Å². The van der Waals surface area contributed by atoms with Crippen molar-refractivity contribution in [3.63, 3.8) is 0 Å². The fourth-order valence-electron chi connectivity index (χ4n) is 2.92. The number of rotatable bonds is 2. The molecule has 2 aromatic rings. The van der Waals surface area contributed by atoms with E-state index >= 15 is 0 Å². The quantitative estimate of drug-likeness (QED) is 0.874. The van der Waals surface area contributed by atoms with Crippen LogP contribution in [0.4, 0.5) is 4.39 Å². The Hall–Kier alpha value is -3.03. The zero-order valence-electron chi connectivity index (χ0n) is 14.6. The van der Waals surface area contributed by atoms with Crippen molar-refractivity contribution in [1.29, 1.82) is 0 Å². The molecule has 0 bridgehead atoms. The molecule has 136 valence electrons. The van der Waals surface area contributed by atoms with E-state index in [-0.39, 0.29) is 23.3 Å². The summed E-state index contributed by atoms with van der Waals surface area (Å²) in [4.78, 5) is 45.6. The van der Waals surface area contributed by atoms with Crippen LogP contribution < -0.4 is 5.69 Å². The Labute approximate surface area is 149 Å². The van der Waals surface area contributed by atoms with Gasteiger partial charge in [0, 0.05) is 38.7 Å². The minimum Gasteiger partial charge on any atom is -0.339 e. The number of benzene rings is 1. The molecule has 0 unspecified atom stereocenters. The number of aromatic amines is 1. The molecular formula is C18H19FN4O3. The molecule has 3 rings (SSSR count). The molecule has 0 spiro atoms. The topological polar surface area (TPSA) is 86.4 Å². The first-order chi connectivity index (χ1) is 12.3. The van der Waals surface area contributed by atoms with Gasteiger partial charge in [-0.1, -0.05) is 0 Å². The molecule has 2 heterocycles. The van der Waals surface area contributed by atoms with Crippen LogP contribution in [0.2, 0.25) is 0 Å². The smallest absolute Gasteiger partial charge is 0.339 e. The highest BCUT2D eigenvalue weighted by atomic mass is 19.1. The molecule has 8 heteroatoms. The molecule has 26 heavy (non-hydrogen) atoms. The Morgan fingerprint density at radius 2 is 1.77 bits per heavy atom. The number of carbonyl (C=O) groups excluding carboxylic acids is 2. The third-order valence-corrected chi connectivity index (χ3v) is 4.44. The third-order valence-electron chi connectivity index (χ3n) is 4.44. The van der Waals surface area contributed by atoms with Gasteiger partial charge in [0.05, 0.1) is 5.69 Å². The summed E-state index contributed by atoms with van der Waals surface area (Å²) >= 11 is 0. The molecule has 1 aliphatic heterocycles. The van der Waals surface area contributed by atoms with Crippen LogP contribution in [0.5, 0.6) is 0 Å². The number of nitrogens with zero attached hydrogens (tertiary/aromatic N) is 3. The summed E-state index contributed by atoms with van der Waals surface area (Å²) in [6.07, 6.45) is 0. The predicted molar refractivity (Wildman–Crippen MR) is 93.1 cm³/mol. The monoisotopic (exact) mass is 358 g/mol. The van der Waals surface area contributed by atoms with Crippen LogP contribution in [0.1, 0.15) is 23.0 Å². The van der Waals surface area contributed by atoms with Crippen molar-refractivity contribution in [2.45, 2.75) is 13.8 Å². The summed E-state index contributed by atoms with van der Waals surface area (Å²) in [5.41, 5.74) is 0.777. The van der Waals surface area contributed by atoms with Gasteiger partial charge < -0.3 is 14.8 Å². The van der Waals surface area contributed by atoms with Crippen molar-refractivity contribution in [1.82, 2.24) is 19.8 Å². The fraction of sp³-hybridized carbons (Fsp3) is 0.333. The zero-order chi connectivity index (χ0) is 18.8. The molecule has 1 saturated heterocycles. The normalized spacial score (nSPS) is 14.4. The number of piperazine rings is 1. The number of aryl methyl sites for hydroxylation is 1. The van der Waals surface area contributed by atoms with Gasteiger partial charge in [-0.3, -0.25) is 9.59 Å². The number of nitrogens with one attached hydrogen (secondary N) is 1. The first-order valence-corrected chi connectivity index (χ1v) is 8.28. The molecule has 0 atom stereocenters. The average molecular weight is 358 g/mol. The third kappa shape index (κ3) is 3.63. The second-order valence-corrected chi connectivity index (χ2v) is 6.25. The lowest BCUT2D eigenvalue weighted by Gasteiger charge is -2.34. The largest absolute Gasteiger partial charge is 0.346 e. The van der Waals surface area contributed by atoms with Crippen molar-refractivity contribution in [3.8, 4) is 11.3 Å². The molecule has 1 N–H and O–H groups in total. The highest BCUT2D eigenvalue weighted by Gasteiger charge is 2.24. The lowest BCUT2D eigenvalue weighted by molar-refractivity contribution is -0.130. The second-order valence-electron chi connectivity index (χ2n) is 6.25. The van der Waals surface area contributed by atoms with Gasteiger partial charge in [-0.25, -0.2) is 9.18 Å². The van der Waals surface area contributed by atoms with E-state index in [4.69, 9.17) is 0 Å². The van der Waals surface area contributed by atoms with Gasteiger partial charge >= 0.3 is 5.69 Å². The number of amides is 2. The van der Waals surface area contributed by atoms with Crippen LogP contribution in [-0.2, 0) is 4.79 Å². The Kier molecular flexibility index (Phi) is 4.83. The Balaban J connectivity index is 1.86. The molecule has 0 radical (unpaired) electrons. The second kappa shape index (κ2) is 7.07. The molecule has 0 saturated carbocycles. The minimum atomic E-state index is -0.643. The van der Waals surface area contributed by atoms with Gasteiger partial charge in [-0.15, -0.1) is 0 Å².